The van der Waals surface area contributed by atoms with E-state index in [1.54, 1.807) is 12.7 Å². The third-order valence-corrected chi connectivity index (χ3v) is 5.99. The zero-order valence-corrected chi connectivity index (χ0v) is 12.3. The molecule has 0 N–H and O–H groups in total. The van der Waals surface area contributed by atoms with Crippen molar-refractivity contribution in [1.82, 2.24) is 3.11 Å². The van der Waals surface area contributed by atoms with Crippen LogP contribution in [0.2, 0.25) is 0 Å². The summed E-state index contributed by atoms with van der Waals surface area (Å²) >= 11 is 0.227. The molecule has 2 aliphatic rings. The molecular formula is C14H17INO-. The van der Waals surface area contributed by atoms with Gasteiger partial charge in [-0.3, -0.25) is 0 Å². The summed E-state index contributed by atoms with van der Waals surface area (Å²) in [6.07, 6.45) is 3.83. The zero-order chi connectivity index (χ0) is 11.8. The fourth-order valence-corrected chi connectivity index (χ4v) is 4.95. The van der Waals surface area contributed by atoms with E-state index in [0.717, 1.165) is 11.7 Å². The first-order chi connectivity index (χ1) is 8.31. The minimum atomic E-state index is 0.227. The number of fused-ring (bicyclic) bond motifs is 2. The molecule has 2 nitrogen and oxygen atoms in total. The summed E-state index contributed by atoms with van der Waals surface area (Å²) in [6.45, 7) is 1.30. The van der Waals surface area contributed by atoms with Crippen molar-refractivity contribution in [3.63, 3.8) is 0 Å². The minimum absolute atomic E-state index is 0.227. The fraction of sp³-hybridized carbons (Fsp3) is 0.429. The molecule has 3 heteroatoms. The van der Waals surface area contributed by atoms with Crippen LogP contribution in [0.25, 0.3) is 5.57 Å². The molecule has 0 saturated carbocycles. The molecule has 0 aromatic heterocycles. The second-order valence-corrected chi connectivity index (χ2v) is 6.82. The Morgan fingerprint density at radius 1 is 1.29 bits per heavy atom. The van der Waals surface area contributed by atoms with Gasteiger partial charge in [-0.05, 0) is 0 Å². The topological polar surface area (TPSA) is 12.5 Å². The maximum atomic E-state index is 5.21. The van der Waals surface area contributed by atoms with E-state index in [9.17, 15) is 0 Å². The van der Waals surface area contributed by atoms with Crippen molar-refractivity contribution in [2.24, 2.45) is 5.92 Å². The van der Waals surface area contributed by atoms with Crippen LogP contribution in [-0.4, -0.2) is 27.7 Å². The molecule has 2 atom stereocenters. The number of rotatable bonds is 3. The molecule has 1 fully saturated rings. The number of benzene rings is 1. The Hall–Kier alpha value is -0.550. The van der Waals surface area contributed by atoms with E-state index in [1.165, 1.54) is 18.5 Å². The van der Waals surface area contributed by atoms with Gasteiger partial charge in [0.15, 0.2) is 0 Å². The molecule has 3 rings (SSSR count). The van der Waals surface area contributed by atoms with Crippen LogP contribution in [0.1, 0.15) is 12.0 Å². The summed E-state index contributed by atoms with van der Waals surface area (Å²) in [7, 11) is 1.72. The molecule has 92 valence electrons. The van der Waals surface area contributed by atoms with Gasteiger partial charge in [-0.25, -0.2) is 0 Å². The second-order valence-electron chi connectivity index (χ2n) is 4.61. The second kappa shape index (κ2) is 4.61. The number of halogens is 1. The van der Waals surface area contributed by atoms with Gasteiger partial charge in [0.2, 0.25) is 0 Å². The van der Waals surface area contributed by atoms with Crippen LogP contribution in [0.5, 0.6) is 5.75 Å². The predicted octanol–water partition coefficient (Wildman–Crippen LogP) is -0.583. The molecule has 1 aromatic carbocycles. The van der Waals surface area contributed by atoms with Gasteiger partial charge >= 0.3 is 114 Å². The SMILES string of the molecule is COc1ccc(C2=CC3CC2N([I-]C)C3)cc1. The summed E-state index contributed by atoms with van der Waals surface area (Å²) in [5, 5.41) is 0. The van der Waals surface area contributed by atoms with Crippen molar-refractivity contribution >= 4 is 5.57 Å². The van der Waals surface area contributed by atoms with E-state index in [-0.39, 0.29) is 21.5 Å². The summed E-state index contributed by atoms with van der Waals surface area (Å²) in [4.78, 5) is 2.37. The van der Waals surface area contributed by atoms with Crippen LogP contribution in [0.4, 0.5) is 0 Å². The van der Waals surface area contributed by atoms with Gasteiger partial charge in [0.05, 0.1) is 0 Å². The Bertz CT molecular complexity index is 440. The van der Waals surface area contributed by atoms with Crippen LogP contribution >= 0.6 is 0 Å². The van der Waals surface area contributed by atoms with Crippen molar-refractivity contribution in [2.45, 2.75) is 12.5 Å². The summed E-state index contributed by atoms with van der Waals surface area (Å²) < 4.78 is 7.91. The average Bonchev–Trinajstić information content (AvgIpc) is 2.98. The van der Waals surface area contributed by atoms with Gasteiger partial charge in [-0.1, -0.05) is 0 Å². The number of alkyl halides is 1. The number of nitrogens with zero attached hydrogens (tertiary/aromatic N) is 1. The third kappa shape index (κ3) is 1.99. The Labute approximate surface area is 113 Å². The third-order valence-electron chi connectivity index (χ3n) is 3.69. The van der Waals surface area contributed by atoms with Crippen molar-refractivity contribution in [3.05, 3.63) is 35.9 Å². The molecule has 1 aromatic rings. The van der Waals surface area contributed by atoms with E-state index in [2.05, 4.69) is 38.4 Å². The molecule has 0 amide bonds. The van der Waals surface area contributed by atoms with Gasteiger partial charge in [0.25, 0.3) is 0 Å². The summed E-state index contributed by atoms with van der Waals surface area (Å²) in [5.74, 6) is 1.74. The molecule has 0 spiro atoms. The van der Waals surface area contributed by atoms with Crippen LogP contribution in [0, 0.1) is 5.92 Å². The van der Waals surface area contributed by atoms with E-state index in [1.807, 2.05) is 0 Å². The molecule has 2 unspecified atom stereocenters. The first-order valence-corrected chi connectivity index (χ1v) is 9.06. The molecule has 2 bridgehead atoms. The van der Waals surface area contributed by atoms with Crippen LogP contribution in [0.3, 0.4) is 0 Å². The van der Waals surface area contributed by atoms with Crippen LogP contribution < -0.4 is 26.2 Å². The number of hydrogen-bond acceptors (Lipinski definition) is 2. The standard InChI is InChI=1S/C14H17INO/c1-15-16-9-10-7-13(14(16)8-10)11-3-5-12(17-2)6-4-11/h3-7,10,14H,8-9H2,1-2H3/q-1. The average molecular weight is 342 g/mol. The number of ether oxygens (including phenoxy) is 1. The maximum absolute atomic E-state index is 5.21. The van der Waals surface area contributed by atoms with Gasteiger partial charge in [-0.15, -0.1) is 0 Å². The van der Waals surface area contributed by atoms with Crippen LogP contribution in [0.15, 0.2) is 30.3 Å². The Kier molecular flexibility index (Phi) is 3.13. The number of methoxy groups -OCH3 is 1. The van der Waals surface area contributed by atoms with Crippen LogP contribution in [-0.2, 0) is 0 Å². The first kappa shape index (κ1) is 11.5. The van der Waals surface area contributed by atoms with Crippen molar-refractivity contribution < 1.29 is 26.2 Å². The van der Waals surface area contributed by atoms with E-state index in [4.69, 9.17) is 4.74 Å². The van der Waals surface area contributed by atoms with E-state index < -0.39 is 0 Å². The van der Waals surface area contributed by atoms with Crippen molar-refractivity contribution in [1.29, 1.82) is 0 Å². The first-order valence-electron chi connectivity index (χ1n) is 5.94. The molecule has 1 heterocycles. The molecule has 1 aliphatic carbocycles. The predicted molar refractivity (Wildman–Crippen MR) is 65.5 cm³/mol. The zero-order valence-electron chi connectivity index (χ0n) is 10.2. The molecular weight excluding hydrogens is 325 g/mol. The van der Waals surface area contributed by atoms with Gasteiger partial charge in [0.1, 0.15) is 0 Å². The number of hydrogen-bond donors (Lipinski definition) is 0. The van der Waals surface area contributed by atoms with Gasteiger partial charge < -0.3 is 0 Å². The molecule has 1 aliphatic heterocycles. The molecule has 0 radical (unpaired) electrons. The molecule has 1 saturated heterocycles. The van der Waals surface area contributed by atoms with E-state index >= 15 is 0 Å². The monoisotopic (exact) mass is 342 g/mol. The fourth-order valence-electron chi connectivity index (χ4n) is 2.85. The van der Waals surface area contributed by atoms with Gasteiger partial charge in [0, 0.05) is 0 Å². The Balaban J connectivity index is 1.87. The van der Waals surface area contributed by atoms with Crippen molar-refractivity contribution in [3.8, 4) is 5.75 Å². The summed E-state index contributed by atoms with van der Waals surface area (Å²) in [6, 6.07) is 9.21. The van der Waals surface area contributed by atoms with Crippen molar-refractivity contribution in [2.75, 3.05) is 18.6 Å². The summed E-state index contributed by atoms with van der Waals surface area (Å²) in [5.41, 5.74) is 2.92. The molecule has 17 heavy (non-hydrogen) atoms. The Morgan fingerprint density at radius 2 is 2.06 bits per heavy atom. The normalized spacial score (nSPS) is 27.5. The quantitative estimate of drug-likeness (QED) is 0.414. The Morgan fingerprint density at radius 3 is 2.65 bits per heavy atom. The van der Waals surface area contributed by atoms with Gasteiger partial charge in [-0.2, -0.15) is 0 Å². The van der Waals surface area contributed by atoms with E-state index in [0.29, 0.717) is 6.04 Å².